The van der Waals surface area contributed by atoms with E-state index < -0.39 is 11.1 Å². The van der Waals surface area contributed by atoms with Crippen LogP contribution in [-0.4, -0.2) is 124 Å². The summed E-state index contributed by atoms with van der Waals surface area (Å²) in [7, 11) is 7.18. The van der Waals surface area contributed by atoms with Crippen LogP contribution in [0.3, 0.4) is 0 Å². The number of rotatable bonds is 14. The van der Waals surface area contributed by atoms with Gasteiger partial charge < -0.3 is 30.9 Å². The summed E-state index contributed by atoms with van der Waals surface area (Å²) in [6.07, 6.45) is 4.15. The van der Waals surface area contributed by atoms with Crippen LogP contribution in [0.1, 0.15) is 53.3 Å². The molecule has 1 saturated heterocycles. The van der Waals surface area contributed by atoms with E-state index in [0.29, 0.717) is 45.2 Å². The molecule has 13 nitrogen and oxygen atoms in total. The Morgan fingerprint density at radius 3 is 2.48 bits per heavy atom. The zero-order valence-corrected chi connectivity index (χ0v) is 29.5. The number of methoxy groups -OCH3 is 1. The summed E-state index contributed by atoms with van der Waals surface area (Å²) in [6, 6.07) is 7.67. The number of thiazole rings is 1. The highest BCUT2D eigenvalue weighted by Gasteiger charge is 2.30. The third-order valence-corrected chi connectivity index (χ3v) is 9.25. The van der Waals surface area contributed by atoms with Gasteiger partial charge in [0.2, 0.25) is 5.91 Å². The lowest BCUT2D eigenvalue weighted by atomic mass is 9.49. The molecule has 0 spiro atoms. The van der Waals surface area contributed by atoms with E-state index in [1.807, 2.05) is 35.7 Å². The number of nitrogens with zero attached hydrogens (tertiary/aromatic N) is 5. The van der Waals surface area contributed by atoms with Crippen LogP contribution in [0.2, 0.25) is 0 Å². The van der Waals surface area contributed by atoms with E-state index in [1.54, 1.807) is 25.4 Å². The fraction of sp³-hybridized carbons (Fsp3) is 0.484. The third-order valence-electron chi connectivity index (χ3n) is 8.22. The number of nitrogens with one attached hydrogen (secondary N) is 4. The summed E-state index contributed by atoms with van der Waals surface area (Å²) < 4.78 is 5.83. The molecule has 4 N–H and O–H groups in total. The van der Waals surface area contributed by atoms with Crippen molar-refractivity contribution in [1.82, 2.24) is 35.6 Å². The largest absolute Gasteiger partial charge is 0.494 e. The van der Waals surface area contributed by atoms with Gasteiger partial charge >= 0.3 is 0 Å². The zero-order valence-electron chi connectivity index (χ0n) is 28.7. The molecule has 1 aliphatic heterocycles. The molecule has 3 heterocycles. The van der Waals surface area contributed by atoms with E-state index in [2.05, 4.69) is 60.1 Å². The Bertz CT molecular complexity index is 1620. The number of piperazine rings is 1. The van der Waals surface area contributed by atoms with Gasteiger partial charge in [-0.15, -0.1) is 21.5 Å². The molecule has 1 saturated carbocycles. The van der Waals surface area contributed by atoms with Crippen LogP contribution in [0.25, 0.3) is 10.6 Å². The molecule has 17 heteroatoms. The first-order chi connectivity index (χ1) is 22.9. The molecular formula is C31H44B3N9O4S. The SMILES string of the molecule is BC(B)(B)NC(=O)c1nnc(NC(=O)C2CC2)cc1Nc1cccc(-c2ncc(C(=O)NCCCN3CCN(C(C)C)CC3)s2)c1OC. The first-order valence-electron chi connectivity index (χ1n) is 16.6. The van der Waals surface area contributed by atoms with Gasteiger partial charge in [-0.05, 0) is 57.0 Å². The lowest BCUT2D eigenvalue weighted by Gasteiger charge is -2.36. The number of aromatic nitrogens is 3. The Labute approximate surface area is 288 Å². The van der Waals surface area contributed by atoms with Crippen LogP contribution in [0.5, 0.6) is 5.75 Å². The standard InChI is InChI=1S/C31H44B3N9O4S/c1-18(2)43-14-12-42(13-15-43)11-5-10-35-28(45)23-17-36-30(48-23)20-6-4-7-21(26(20)47-3)37-22-16-24(38-27(44)19-8-9-19)40-41-25(22)29(46)39-31(32,33)34/h4,6-7,16-19H,5,8-15,32-34H2,1-3H3,(H,35,45)(H,39,46)(H2,37,38,40,44). The van der Waals surface area contributed by atoms with Crippen molar-refractivity contribution < 1.29 is 19.1 Å². The van der Waals surface area contributed by atoms with Crippen molar-refractivity contribution in [3.8, 4) is 16.3 Å². The quantitative estimate of drug-likeness (QED) is 0.137. The smallest absolute Gasteiger partial charge is 0.272 e. The summed E-state index contributed by atoms with van der Waals surface area (Å²) in [4.78, 5) is 48.6. The molecule has 0 unspecified atom stereocenters. The van der Waals surface area contributed by atoms with E-state index >= 15 is 0 Å². The molecule has 2 fully saturated rings. The van der Waals surface area contributed by atoms with Gasteiger partial charge in [0.05, 0.1) is 30.2 Å². The molecule has 3 aromatic rings. The third kappa shape index (κ3) is 9.35. The predicted octanol–water partition coefficient (Wildman–Crippen LogP) is 0.0871. The summed E-state index contributed by atoms with van der Waals surface area (Å²) in [5, 5.41) is 20.4. The van der Waals surface area contributed by atoms with E-state index in [9.17, 15) is 14.4 Å². The average Bonchev–Trinajstić information content (AvgIpc) is 3.79. The number of hydrogen-bond donors (Lipinski definition) is 4. The van der Waals surface area contributed by atoms with Crippen LogP contribution < -0.4 is 26.0 Å². The number of carbonyl (C=O) groups is 3. The van der Waals surface area contributed by atoms with Crippen molar-refractivity contribution in [2.75, 3.05) is 57.0 Å². The number of anilines is 3. The van der Waals surface area contributed by atoms with Gasteiger partial charge in [0.15, 0.2) is 17.3 Å². The minimum Gasteiger partial charge on any atom is -0.494 e. The highest BCUT2D eigenvalue weighted by atomic mass is 32.1. The van der Waals surface area contributed by atoms with Crippen LogP contribution in [-0.2, 0) is 4.79 Å². The molecular weight excluding hydrogens is 627 g/mol. The Kier molecular flexibility index (Phi) is 11.4. The molecule has 3 amide bonds. The summed E-state index contributed by atoms with van der Waals surface area (Å²) >= 11 is 1.28. The minimum absolute atomic E-state index is 0.0231. The summed E-state index contributed by atoms with van der Waals surface area (Å²) in [5.74, 6) is -0.0117. The maximum atomic E-state index is 13.2. The second-order valence-electron chi connectivity index (χ2n) is 13.6. The molecule has 5 rings (SSSR count). The van der Waals surface area contributed by atoms with Crippen molar-refractivity contribution in [2.45, 2.75) is 44.4 Å². The maximum absolute atomic E-state index is 13.2. The first kappa shape index (κ1) is 35.4. The van der Waals surface area contributed by atoms with Crippen molar-refractivity contribution >= 4 is 69.8 Å². The van der Waals surface area contributed by atoms with Gasteiger partial charge in [-0.1, -0.05) is 6.07 Å². The monoisotopic (exact) mass is 671 g/mol. The molecule has 0 radical (unpaired) electrons. The molecule has 252 valence electrons. The Hall–Kier alpha value is -3.95. The molecule has 48 heavy (non-hydrogen) atoms. The van der Waals surface area contributed by atoms with E-state index in [0.717, 1.165) is 52.0 Å². The normalized spacial score (nSPS) is 15.6. The van der Waals surface area contributed by atoms with Gasteiger partial charge in [0.25, 0.3) is 11.8 Å². The Morgan fingerprint density at radius 2 is 1.81 bits per heavy atom. The molecule has 2 aliphatic rings. The van der Waals surface area contributed by atoms with Gasteiger partial charge in [0.1, 0.15) is 33.4 Å². The first-order valence-corrected chi connectivity index (χ1v) is 17.4. The summed E-state index contributed by atoms with van der Waals surface area (Å²) in [5.41, 5.74) is 1.63. The fourth-order valence-corrected chi connectivity index (χ4v) is 6.31. The van der Waals surface area contributed by atoms with Crippen molar-refractivity contribution in [3.63, 3.8) is 0 Å². The van der Waals surface area contributed by atoms with Crippen molar-refractivity contribution in [2.24, 2.45) is 5.92 Å². The molecule has 1 aromatic carbocycles. The Balaban J connectivity index is 1.27. The van der Waals surface area contributed by atoms with Gasteiger partial charge in [-0.25, -0.2) is 4.98 Å². The van der Waals surface area contributed by atoms with Crippen LogP contribution in [0.4, 0.5) is 17.2 Å². The van der Waals surface area contributed by atoms with E-state index in [-0.39, 0.29) is 29.2 Å². The average molecular weight is 671 g/mol. The Morgan fingerprint density at radius 1 is 1.06 bits per heavy atom. The zero-order chi connectivity index (χ0) is 34.4. The van der Waals surface area contributed by atoms with Gasteiger partial charge in [0, 0.05) is 50.7 Å². The highest BCUT2D eigenvalue weighted by Crippen LogP contribution is 2.40. The second-order valence-corrected chi connectivity index (χ2v) is 14.6. The van der Waals surface area contributed by atoms with E-state index in [4.69, 9.17) is 4.74 Å². The fourth-order valence-electron chi connectivity index (χ4n) is 5.46. The molecule has 1 aliphatic carbocycles. The van der Waals surface area contributed by atoms with Gasteiger partial charge in [-0.3, -0.25) is 19.3 Å². The lowest BCUT2D eigenvalue weighted by molar-refractivity contribution is -0.117. The number of para-hydroxylation sites is 1. The van der Waals surface area contributed by atoms with Crippen molar-refractivity contribution in [3.05, 3.63) is 41.0 Å². The summed E-state index contributed by atoms with van der Waals surface area (Å²) in [6.45, 7) is 10.3. The molecule has 2 aromatic heterocycles. The number of hydrogen-bond acceptors (Lipinski definition) is 11. The topological polar surface area (TPSA) is 154 Å². The number of carbonyl (C=O) groups excluding carboxylic acids is 3. The van der Waals surface area contributed by atoms with Crippen LogP contribution >= 0.6 is 11.3 Å². The number of amides is 3. The van der Waals surface area contributed by atoms with Gasteiger partial charge in [-0.2, -0.15) is 0 Å². The second kappa shape index (κ2) is 15.5. The number of benzene rings is 1. The maximum Gasteiger partial charge on any atom is 0.272 e. The van der Waals surface area contributed by atoms with E-state index in [1.165, 1.54) is 11.3 Å². The minimum atomic E-state index is -0.509. The molecule has 0 bridgehead atoms. The molecule has 0 atom stereocenters. The predicted molar refractivity (Wildman–Crippen MR) is 197 cm³/mol. The van der Waals surface area contributed by atoms with Crippen LogP contribution in [0, 0.1) is 5.92 Å². The number of ether oxygens (including phenoxy) is 1. The van der Waals surface area contributed by atoms with Crippen LogP contribution in [0.15, 0.2) is 30.5 Å². The van der Waals surface area contributed by atoms with Crippen molar-refractivity contribution in [1.29, 1.82) is 0 Å². The lowest BCUT2D eigenvalue weighted by Crippen LogP contribution is -2.50. The highest BCUT2D eigenvalue weighted by molar-refractivity contribution is 7.17.